The van der Waals surface area contributed by atoms with Gasteiger partial charge in [0.15, 0.2) is 5.78 Å². The molecule has 0 aliphatic heterocycles. The summed E-state index contributed by atoms with van der Waals surface area (Å²) >= 11 is 0. The van der Waals surface area contributed by atoms with Gasteiger partial charge in [0.2, 0.25) is 0 Å². The molecule has 0 amide bonds. The second-order valence-corrected chi connectivity index (χ2v) is 5.09. The minimum Gasteiger partial charge on any atom is -0.496 e. The van der Waals surface area contributed by atoms with E-state index in [4.69, 9.17) is 4.74 Å². The van der Waals surface area contributed by atoms with E-state index in [2.05, 4.69) is 13.8 Å². The summed E-state index contributed by atoms with van der Waals surface area (Å²) in [7, 11) is 1.73. The molecule has 0 aliphatic rings. The van der Waals surface area contributed by atoms with Crippen molar-refractivity contribution in [2.24, 2.45) is 0 Å². The van der Waals surface area contributed by atoms with Crippen LogP contribution < -0.4 is 4.74 Å². The maximum Gasteiger partial charge on any atom is 0.159 e. The Kier molecular flexibility index (Phi) is 6.61. The van der Waals surface area contributed by atoms with Crippen molar-refractivity contribution in [2.75, 3.05) is 7.11 Å². The molecule has 0 unspecified atom stereocenters. The number of carbonyl (C=O) groups excluding carboxylic acids is 1. The number of hydrogen-bond acceptors (Lipinski definition) is 2. The molecule has 1 aromatic rings. The Labute approximate surface area is 117 Å². The van der Waals surface area contributed by atoms with Crippen molar-refractivity contribution in [3.8, 4) is 5.75 Å². The lowest BCUT2D eigenvalue weighted by Crippen LogP contribution is -2.03. The zero-order valence-corrected chi connectivity index (χ0v) is 12.7. The van der Waals surface area contributed by atoms with E-state index in [-0.39, 0.29) is 5.78 Å². The average molecular weight is 262 g/mol. The lowest BCUT2D eigenvalue weighted by Gasteiger charge is -2.15. The molecule has 0 aliphatic carbocycles. The van der Waals surface area contributed by atoms with Gasteiger partial charge in [-0.25, -0.2) is 0 Å². The number of hydrogen-bond donors (Lipinski definition) is 0. The minimum absolute atomic E-state index is 0.137. The van der Waals surface area contributed by atoms with Crippen LogP contribution in [0.2, 0.25) is 0 Å². The summed E-state index contributed by atoms with van der Waals surface area (Å²) in [5.41, 5.74) is 3.18. The standard InChI is InChI=1S/C17H26O2/c1-5-7-9-14-11-16(13(3)18)12-15(10-8-6-2)17(14)19-4/h11-12H,5-10H2,1-4H3. The van der Waals surface area contributed by atoms with Crippen LogP contribution in [0.4, 0.5) is 0 Å². The third kappa shape index (κ3) is 4.38. The molecule has 1 aromatic carbocycles. The van der Waals surface area contributed by atoms with Crippen LogP contribution in [0.1, 0.15) is 67.9 Å². The molecule has 0 atom stereocenters. The number of aryl methyl sites for hydroxylation is 2. The van der Waals surface area contributed by atoms with Gasteiger partial charge in [0.05, 0.1) is 7.11 Å². The van der Waals surface area contributed by atoms with Gasteiger partial charge in [-0.2, -0.15) is 0 Å². The molecule has 106 valence electrons. The lowest BCUT2D eigenvalue weighted by atomic mass is 9.95. The van der Waals surface area contributed by atoms with Crippen molar-refractivity contribution >= 4 is 5.78 Å². The SMILES string of the molecule is CCCCc1cc(C(C)=O)cc(CCCC)c1OC. The summed E-state index contributed by atoms with van der Waals surface area (Å²) in [6.07, 6.45) is 6.53. The molecule has 2 nitrogen and oxygen atoms in total. The van der Waals surface area contributed by atoms with Gasteiger partial charge in [0.25, 0.3) is 0 Å². The van der Waals surface area contributed by atoms with Crippen LogP contribution in [0.3, 0.4) is 0 Å². The number of Topliss-reactive ketones (excluding diaryl/α,β-unsaturated/α-hetero) is 1. The number of ketones is 1. The number of methoxy groups -OCH3 is 1. The van der Waals surface area contributed by atoms with E-state index >= 15 is 0 Å². The van der Waals surface area contributed by atoms with E-state index in [1.54, 1.807) is 14.0 Å². The van der Waals surface area contributed by atoms with Crippen molar-refractivity contribution in [1.29, 1.82) is 0 Å². The van der Waals surface area contributed by atoms with Gasteiger partial charge in [-0.3, -0.25) is 4.79 Å². The second-order valence-electron chi connectivity index (χ2n) is 5.09. The molecule has 19 heavy (non-hydrogen) atoms. The highest BCUT2D eigenvalue weighted by atomic mass is 16.5. The number of rotatable bonds is 8. The number of ether oxygens (including phenoxy) is 1. The Balaban J connectivity index is 3.16. The van der Waals surface area contributed by atoms with Gasteiger partial charge in [-0.05, 0) is 55.9 Å². The summed E-state index contributed by atoms with van der Waals surface area (Å²) < 4.78 is 5.59. The van der Waals surface area contributed by atoms with E-state index < -0.39 is 0 Å². The van der Waals surface area contributed by atoms with Crippen LogP contribution in [-0.2, 0) is 12.8 Å². The molecule has 0 bridgehead atoms. The summed E-state index contributed by atoms with van der Waals surface area (Å²) in [4.78, 5) is 11.7. The van der Waals surface area contributed by atoms with E-state index in [0.717, 1.165) is 49.8 Å². The van der Waals surface area contributed by atoms with Crippen molar-refractivity contribution in [2.45, 2.75) is 59.3 Å². The molecule has 1 rings (SSSR count). The van der Waals surface area contributed by atoms with E-state index in [1.165, 1.54) is 11.1 Å². The molecule has 0 N–H and O–H groups in total. The first kappa shape index (κ1) is 15.7. The third-order valence-electron chi connectivity index (χ3n) is 3.45. The second kappa shape index (κ2) is 7.98. The first-order valence-electron chi connectivity index (χ1n) is 7.34. The van der Waals surface area contributed by atoms with Gasteiger partial charge in [0, 0.05) is 5.56 Å². The predicted octanol–water partition coefficient (Wildman–Crippen LogP) is 4.58. The molecule has 0 saturated heterocycles. The van der Waals surface area contributed by atoms with Gasteiger partial charge in [-0.1, -0.05) is 26.7 Å². The van der Waals surface area contributed by atoms with E-state index in [0.29, 0.717) is 0 Å². The molecule has 0 saturated carbocycles. The van der Waals surface area contributed by atoms with Gasteiger partial charge in [0.1, 0.15) is 5.75 Å². The molecule has 0 aromatic heterocycles. The number of benzene rings is 1. The maximum atomic E-state index is 11.7. The van der Waals surface area contributed by atoms with Crippen LogP contribution >= 0.6 is 0 Å². The highest BCUT2D eigenvalue weighted by molar-refractivity contribution is 5.94. The minimum atomic E-state index is 0.137. The summed E-state index contributed by atoms with van der Waals surface area (Å²) in [5.74, 6) is 1.13. The Morgan fingerprint density at radius 1 is 1.05 bits per heavy atom. The van der Waals surface area contributed by atoms with E-state index in [1.807, 2.05) is 12.1 Å². The van der Waals surface area contributed by atoms with Crippen LogP contribution in [0.15, 0.2) is 12.1 Å². The van der Waals surface area contributed by atoms with Crippen LogP contribution in [0, 0.1) is 0 Å². The molecular formula is C17H26O2. The molecule has 0 radical (unpaired) electrons. The molecule has 0 spiro atoms. The largest absolute Gasteiger partial charge is 0.496 e. The van der Waals surface area contributed by atoms with Crippen LogP contribution in [-0.4, -0.2) is 12.9 Å². The Morgan fingerprint density at radius 2 is 1.53 bits per heavy atom. The first-order chi connectivity index (χ1) is 9.13. The highest BCUT2D eigenvalue weighted by Gasteiger charge is 2.13. The number of unbranched alkanes of at least 4 members (excludes halogenated alkanes) is 2. The van der Waals surface area contributed by atoms with Crippen molar-refractivity contribution in [3.05, 3.63) is 28.8 Å². The first-order valence-corrected chi connectivity index (χ1v) is 7.34. The van der Waals surface area contributed by atoms with Crippen LogP contribution in [0.25, 0.3) is 0 Å². The van der Waals surface area contributed by atoms with Crippen molar-refractivity contribution in [1.82, 2.24) is 0 Å². The number of carbonyl (C=O) groups is 1. The summed E-state index contributed by atoms with van der Waals surface area (Å²) in [6.45, 7) is 5.99. The molecule has 0 heterocycles. The van der Waals surface area contributed by atoms with Gasteiger partial charge >= 0.3 is 0 Å². The summed E-state index contributed by atoms with van der Waals surface area (Å²) in [6, 6.07) is 4.01. The van der Waals surface area contributed by atoms with Crippen molar-refractivity contribution in [3.63, 3.8) is 0 Å². The fraction of sp³-hybridized carbons (Fsp3) is 0.588. The van der Waals surface area contributed by atoms with Gasteiger partial charge < -0.3 is 4.74 Å². The van der Waals surface area contributed by atoms with Crippen LogP contribution in [0.5, 0.6) is 5.75 Å². The normalized spacial score (nSPS) is 10.5. The quantitative estimate of drug-likeness (QED) is 0.641. The zero-order chi connectivity index (χ0) is 14.3. The van der Waals surface area contributed by atoms with Gasteiger partial charge in [-0.15, -0.1) is 0 Å². The fourth-order valence-electron chi connectivity index (χ4n) is 2.33. The zero-order valence-electron chi connectivity index (χ0n) is 12.7. The van der Waals surface area contributed by atoms with Crippen molar-refractivity contribution < 1.29 is 9.53 Å². The molecular weight excluding hydrogens is 236 g/mol. The third-order valence-corrected chi connectivity index (χ3v) is 3.45. The topological polar surface area (TPSA) is 26.3 Å². The Morgan fingerprint density at radius 3 is 1.84 bits per heavy atom. The smallest absolute Gasteiger partial charge is 0.159 e. The predicted molar refractivity (Wildman–Crippen MR) is 80.2 cm³/mol. The Bertz CT molecular complexity index is 392. The summed E-state index contributed by atoms with van der Waals surface area (Å²) in [5, 5.41) is 0. The monoisotopic (exact) mass is 262 g/mol. The maximum absolute atomic E-state index is 11.7. The fourth-order valence-corrected chi connectivity index (χ4v) is 2.33. The highest BCUT2D eigenvalue weighted by Crippen LogP contribution is 2.29. The van der Waals surface area contributed by atoms with E-state index in [9.17, 15) is 4.79 Å². The molecule has 0 fully saturated rings. The Hall–Kier alpha value is -1.31. The molecule has 2 heteroatoms. The lowest BCUT2D eigenvalue weighted by molar-refractivity contribution is 0.101. The average Bonchev–Trinajstić information content (AvgIpc) is 2.41.